The fourth-order valence-electron chi connectivity index (χ4n) is 3.57. The number of sulfonamides is 1. The Balaban J connectivity index is 2.01. The average molecular weight is 450 g/mol. The summed E-state index contributed by atoms with van der Waals surface area (Å²) < 4.78 is 25.4. The first kappa shape index (κ1) is 22.3. The second-order valence-corrected chi connectivity index (χ2v) is 10.1. The molecule has 0 spiro atoms. The molecule has 0 radical (unpaired) electrons. The van der Waals surface area contributed by atoms with Crippen molar-refractivity contribution in [3.05, 3.63) is 64.7 Å². The Bertz CT molecular complexity index is 1070. The van der Waals surface area contributed by atoms with Crippen molar-refractivity contribution in [2.24, 2.45) is 0 Å². The number of rotatable bonds is 5. The predicted octanol–water partition coefficient (Wildman–Crippen LogP) is 2.33. The van der Waals surface area contributed by atoms with Crippen molar-refractivity contribution < 1.29 is 18.0 Å². The van der Waals surface area contributed by atoms with Crippen LogP contribution in [0.2, 0.25) is 5.02 Å². The van der Waals surface area contributed by atoms with E-state index in [1.54, 1.807) is 25.1 Å². The summed E-state index contributed by atoms with van der Waals surface area (Å²) in [6.45, 7) is 3.13. The average Bonchev–Trinajstić information content (AvgIpc) is 2.68. The van der Waals surface area contributed by atoms with Gasteiger partial charge in [-0.05, 0) is 37.1 Å². The van der Waals surface area contributed by atoms with Crippen LogP contribution >= 0.6 is 11.6 Å². The first-order chi connectivity index (χ1) is 14.0. The molecule has 0 aliphatic carbocycles. The van der Waals surface area contributed by atoms with Crippen molar-refractivity contribution in [2.75, 3.05) is 24.2 Å². The van der Waals surface area contributed by atoms with E-state index in [2.05, 4.69) is 5.32 Å². The number of carbonyl (C=O) groups is 2. The van der Waals surface area contributed by atoms with Gasteiger partial charge in [0, 0.05) is 23.8 Å². The number of benzene rings is 2. The molecule has 1 saturated heterocycles. The lowest BCUT2D eigenvalue weighted by molar-refractivity contribution is -0.133. The van der Waals surface area contributed by atoms with E-state index >= 15 is 0 Å². The van der Waals surface area contributed by atoms with Crippen LogP contribution in [0.1, 0.15) is 18.1 Å². The third-order valence-electron chi connectivity index (χ3n) is 5.20. The van der Waals surface area contributed by atoms with E-state index in [0.29, 0.717) is 10.7 Å². The third-order valence-corrected chi connectivity index (χ3v) is 6.64. The molecule has 0 aromatic heterocycles. The molecule has 1 aliphatic rings. The van der Waals surface area contributed by atoms with Crippen LogP contribution in [0.5, 0.6) is 0 Å². The standard InChI is InChI=1S/C21H24ClN3O4S/c1-15-9-10-17(22)11-18(15)25-19(26)13-24(30(3,28)29)14-21(25,2)20(27)23-12-16-7-5-4-6-8-16/h4-11H,12-14H2,1-3H3,(H,23,27)/t21-/m1/s1. The first-order valence-electron chi connectivity index (χ1n) is 9.39. The van der Waals surface area contributed by atoms with Gasteiger partial charge < -0.3 is 5.32 Å². The molecule has 7 nitrogen and oxygen atoms in total. The van der Waals surface area contributed by atoms with Crippen molar-refractivity contribution in [3.8, 4) is 0 Å². The first-order valence-corrected chi connectivity index (χ1v) is 11.6. The SMILES string of the molecule is Cc1ccc(Cl)cc1N1C(=O)CN(S(C)(=O)=O)C[C@]1(C)C(=O)NCc1ccccc1. The number of carbonyl (C=O) groups excluding carboxylic acids is 2. The molecule has 2 amide bonds. The van der Waals surface area contributed by atoms with Gasteiger partial charge >= 0.3 is 0 Å². The normalized spacial score (nSPS) is 20.3. The fraction of sp³-hybridized carbons (Fsp3) is 0.333. The Morgan fingerprint density at radius 3 is 2.50 bits per heavy atom. The summed E-state index contributed by atoms with van der Waals surface area (Å²) in [7, 11) is -3.67. The van der Waals surface area contributed by atoms with E-state index in [4.69, 9.17) is 11.6 Å². The molecule has 30 heavy (non-hydrogen) atoms. The van der Waals surface area contributed by atoms with Crippen LogP contribution in [-0.2, 0) is 26.2 Å². The number of piperazine rings is 1. The highest BCUT2D eigenvalue weighted by atomic mass is 35.5. The largest absolute Gasteiger partial charge is 0.350 e. The van der Waals surface area contributed by atoms with Crippen LogP contribution in [-0.4, -0.2) is 49.4 Å². The van der Waals surface area contributed by atoms with Crippen LogP contribution in [0.25, 0.3) is 0 Å². The third kappa shape index (κ3) is 4.50. The van der Waals surface area contributed by atoms with E-state index in [1.807, 2.05) is 37.3 Å². The number of hydrogen-bond donors (Lipinski definition) is 1. The summed E-state index contributed by atoms with van der Waals surface area (Å²) >= 11 is 6.15. The van der Waals surface area contributed by atoms with Gasteiger partial charge in [0.2, 0.25) is 21.8 Å². The molecule has 0 bridgehead atoms. The van der Waals surface area contributed by atoms with Crippen LogP contribution in [0.4, 0.5) is 5.69 Å². The molecule has 2 aromatic rings. The van der Waals surface area contributed by atoms with Crippen LogP contribution in [0.3, 0.4) is 0 Å². The summed E-state index contributed by atoms with van der Waals surface area (Å²) in [6.07, 6.45) is 1.03. The number of nitrogens with one attached hydrogen (secondary N) is 1. The van der Waals surface area contributed by atoms with Crippen molar-refractivity contribution in [1.82, 2.24) is 9.62 Å². The summed E-state index contributed by atoms with van der Waals surface area (Å²) in [5.74, 6) is -0.943. The smallest absolute Gasteiger partial charge is 0.247 e. The minimum atomic E-state index is -3.67. The van der Waals surface area contributed by atoms with Gasteiger partial charge in [0.15, 0.2) is 0 Å². The van der Waals surface area contributed by atoms with Gasteiger partial charge in [-0.15, -0.1) is 0 Å². The lowest BCUT2D eigenvalue weighted by atomic mass is 9.93. The van der Waals surface area contributed by atoms with Gasteiger partial charge in [-0.3, -0.25) is 14.5 Å². The maximum absolute atomic E-state index is 13.3. The maximum atomic E-state index is 13.3. The van der Waals surface area contributed by atoms with Crippen LogP contribution in [0, 0.1) is 6.92 Å². The Kier molecular flexibility index (Phi) is 6.21. The number of hydrogen-bond acceptors (Lipinski definition) is 4. The number of anilines is 1. The Morgan fingerprint density at radius 1 is 1.20 bits per heavy atom. The van der Waals surface area contributed by atoms with Gasteiger partial charge in [-0.25, -0.2) is 8.42 Å². The van der Waals surface area contributed by atoms with Crippen molar-refractivity contribution in [1.29, 1.82) is 0 Å². The number of nitrogens with zero attached hydrogens (tertiary/aromatic N) is 2. The predicted molar refractivity (Wildman–Crippen MR) is 117 cm³/mol. The molecule has 9 heteroatoms. The van der Waals surface area contributed by atoms with Gasteiger partial charge in [0.05, 0.1) is 12.8 Å². The van der Waals surface area contributed by atoms with E-state index in [9.17, 15) is 18.0 Å². The highest BCUT2D eigenvalue weighted by molar-refractivity contribution is 7.88. The molecule has 1 heterocycles. The lowest BCUT2D eigenvalue weighted by Gasteiger charge is -2.47. The second-order valence-electron chi connectivity index (χ2n) is 7.63. The van der Waals surface area contributed by atoms with Gasteiger partial charge in [0.25, 0.3) is 0 Å². The van der Waals surface area contributed by atoms with Gasteiger partial charge in [0.1, 0.15) is 5.54 Å². The van der Waals surface area contributed by atoms with Crippen molar-refractivity contribution in [2.45, 2.75) is 25.9 Å². The zero-order valence-corrected chi connectivity index (χ0v) is 18.6. The molecule has 2 aromatic carbocycles. The summed E-state index contributed by atoms with van der Waals surface area (Å²) in [5.41, 5.74) is 0.672. The summed E-state index contributed by atoms with van der Waals surface area (Å²) in [4.78, 5) is 27.8. The molecule has 0 saturated carbocycles. The van der Waals surface area contributed by atoms with E-state index in [1.165, 1.54) is 4.90 Å². The van der Waals surface area contributed by atoms with Crippen LogP contribution in [0.15, 0.2) is 48.5 Å². The zero-order valence-electron chi connectivity index (χ0n) is 17.1. The Hall–Kier alpha value is -2.42. The quantitative estimate of drug-likeness (QED) is 0.759. The molecular formula is C21H24ClN3O4S. The van der Waals surface area contributed by atoms with Gasteiger partial charge in [-0.1, -0.05) is 48.0 Å². The Morgan fingerprint density at radius 2 is 1.87 bits per heavy atom. The maximum Gasteiger partial charge on any atom is 0.247 e. The van der Waals surface area contributed by atoms with E-state index < -0.39 is 27.4 Å². The molecule has 3 rings (SSSR count). The second kappa shape index (κ2) is 8.37. The van der Waals surface area contributed by atoms with Crippen molar-refractivity contribution in [3.63, 3.8) is 0 Å². The van der Waals surface area contributed by atoms with Crippen LogP contribution < -0.4 is 10.2 Å². The topological polar surface area (TPSA) is 86.8 Å². The van der Waals surface area contributed by atoms with Crippen molar-refractivity contribution >= 4 is 39.1 Å². The van der Waals surface area contributed by atoms with E-state index in [0.717, 1.165) is 21.7 Å². The summed E-state index contributed by atoms with van der Waals surface area (Å²) in [6, 6.07) is 14.4. The minimum absolute atomic E-state index is 0.163. The number of aryl methyl sites for hydroxylation is 1. The van der Waals surface area contributed by atoms with Gasteiger partial charge in [-0.2, -0.15) is 4.31 Å². The minimum Gasteiger partial charge on any atom is -0.350 e. The number of amides is 2. The van der Waals surface area contributed by atoms with E-state index in [-0.39, 0.29) is 19.6 Å². The fourth-order valence-corrected chi connectivity index (χ4v) is 4.56. The number of halogens is 1. The molecule has 1 N–H and O–H groups in total. The molecule has 1 aliphatic heterocycles. The molecule has 1 atom stereocenters. The monoisotopic (exact) mass is 449 g/mol. The summed E-state index contributed by atoms with van der Waals surface area (Å²) in [5, 5.41) is 3.27. The Labute approximate surface area is 181 Å². The molecular weight excluding hydrogens is 426 g/mol. The zero-order chi connectivity index (χ0) is 22.1. The highest BCUT2D eigenvalue weighted by Crippen LogP contribution is 2.34. The molecule has 0 unspecified atom stereocenters. The highest BCUT2D eigenvalue weighted by Gasteiger charge is 2.50. The molecule has 160 valence electrons. The molecule has 1 fully saturated rings. The lowest BCUT2D eigenvalue weighted by Crippen LogP contribution is -2.70.